The quantitative estimate of drug-likeness (QED) is 0.175. The highest BCUT2D eigenvalue weighted by atomic mass is 35.5. The molecule has 0 radical (unpaired) electrons. The maximum absolute atomic E-state index is 13.4. The number of halogens is 2. The van der Waals surface area contributed by atoms with Crippen molar-refractivity contribution in [1.82, 2.24) is 20.2 Å². The number of amides is 1. The van der Waals surface area contributed by atoms with Crippen LogP contribution in [0, 0.1) is 40.7 Å². The number of nitrogens with one attached hydrogen (secondary N) is 1. The first kappa shape index (κ1) is 27.0. The van der Waals surface area contributed by atoms with Crippen LogP contribution < -0.4 is 5.43 Å². The second-order valence-electron chi connectivity index (χ2n) is 9.81. The Labute approximate surface area is 236 Å². The lowest BCUT2D eigenvalue weighted by Crippen LogP contribution is -2.41. The second-order valence-corrected chi connectivity index (χ2v) is 10.7. The molecule has 2 heterocycles. The van der Waals surface area contributed by atoms with E-state index in [1.165, 1.54) is 19.3 Å². The molecule has 2 atom stereocenters. The van der Waals surface area contributed by atoms with Crippen molar-refractivity contribution >= 4 is 29.1 Å². The third-order valence-corrected chi connectivity index (χ3v) is 7.81. The SMILES string of the molecule is Cc1c(C(=O)NN2CC3CCCC3C2)nn(-c2ccc(Cl)cc2Cl)c1-c1ccc(C#CCCO[N+](=O)[O-])cc1. The molecular weight excluding hydrogens is 541 g/mol. The molecule has 2 unspecified atom stereocenters. The van der Waals surface area contributed by atoms with Gasteiger partial charge < -0.3 is 4.84 Å². The monoisotopic (exact) mass is 567 g/mol. The summed E-state index contributed by atoms with van der Waals surface area (Å²) in [5, 5.41) is 17.1. The number of hydrogen-bond donors (Lipinski definition) is 1. The molecule has 1 saturated carbocycles. The third kappa shape index (κ3) is 6.04. The Hall–Kier alpha value is -3.58. The fourth-order valence-electron chi connectivity index (χ4n) is 5.45. The number of carbonyl (C=O) groups is 1. The van der Waals surface area contributed by atoms with Gasteiger partial charge in [0.05, 0.1) is 16.4 Å². The first-order valence-electron chi connectivity index (χ1n) is 12.8. The van der Waals surface area contributed by atoms with Crippen molar-refractivity contribution in [2.24, 2.45) is 11.8 Å². The number of aromatic nitrogens is 2. The Morgan fingerprint density at radius 3 is 2.56 bits per heavy atom. The zero-order valence-electron chi connectivity index (χ0n) is 21.3. The maximum atomic E-state index is 13.4. The van der Waals surface area contributed by atoms with Gasteiger partial charge in [0.2, 0.25) is 0 Å². The van der Waals surface area contributed by atoms with Crippen LogP contribution in [0.15, 0.2) is 42.5 Å². The Morgan fingerprint density at radius 2 is 1.90 bits per heavy atom. The zero-order valence-corrected chi connectivity index (χ0v) is 22.8. The number of hydrazine groups is 1. The van der Waals surface area contributed by atoms with E-state index >= 15 is 0 Å². The largest absolute Gasteiger partial charge is 0.313 e. The summed E-state index contributed by atoms with van der Waals surface area (Å²) in [6.45, 7) is 3.53. The summed E-state index contributed by atoms with van der Waals surface area (Å²) in [4.78, 5) is 28.0. The van der Waals surface area contributed by atoms with Crippen LogP contribution in [0.3, 0.4) is 0 Å². The fraction of sp³-hybridized carbons (Fsp3) is 0.357. The van der Waals surface area contributed by atoms with Crippen molar-refractivity contribution in [2.45, 2.75) is 32.6 Å². The molecule has 1 saturated heterocycles. The van der Waals surface area contributed by atoms with Gasteiger partial charge in [-0.2, -0.15) is 5.10 Å². The first-order chi connectivity index (χ1) is 18.8. The second kappa shape index (κ2) is 11.7. The van der Waals surface area contributed by atoms with Crippen LogP contribution in [0.2, 0.25) is 10.0 Å². The van der Waals surface area contributed by atoms with Crippen LogP contribution in [0.1, 0.15) is 47.3 Å². The van der Waals surface area contributed by atoms with Crippen LogP contribution in [-0.2, 0) is 4.84 Å². The number of hydrogen-bond acceptors (Lipinski definition) is 6. The van der Waals surface area contributed by atoms with Crippen molar-refractivity contribution in [3.8, 4) is 28.8 Å². The van der Waals surface area contributed by atoms with Crippen LogP contribution in [0.4, 0.5) is 0 Å². The molecule has 1 N–H and O–H groups in total. The Kier molecular flexibility index (Phi) is 8.07. The van der Waals surface area contributed by atoms with Crippen LogP contribution in [0.25, 0.3) is 16.9 Å². The van der Waals surface area contributed by atoms with E-state index in [0.717, 1.165) is 29.9 Å². The molecule has 1 amide bonds. The van der Waals surface area contributed by atoms with E-state index in [1.807, 2.05) is 36.2 Å². The molecule has 11 heteroatoms. The molecule has 5 rings (SSSR count). The molecule has 0 spiro atoms. The Bertz CT molecular complexity index is 1450. The van der Waals surface area contributed by atoms with E-state index < -0.39 is 5.09 Å². The number of rotatable bonds is 7. The Balaban J connectivity index is 1.44. The molecule has 1 aromatic heterocycles. The molecule has 1 aliphatic carbocycles. The highest BCUT2D eigenvalue weighted by molar-refractivity contribution is 6.35. The zero-order chi connectivity index (χ0) is 27.5. The smallest absolute Gasteiger partial charge is 0.294 e. The van der Waals surface area contributed by atoms with E-state index in [-0.39, 0.29) is 18.9 Å². The number of nitrogens with zero attached hydrogens (tertiary/aromatic N) is 4. The highest BCUT2D eigenvalue weighted by Gasteiger charge is 2.37. The molecule has 2 aromatic carbocycles. The lowest BCUT2D eigenvalue weighted by atomic mass is 10.0. The van der Waals surface area contributed by atoms with E-state index in [9.17, 15) is 14.9 Å². The van der Waals surface area contributed by atoms with Gasteiger partial charge >= 0.3 is 0 Å². The minimum Gasteiger partial charge on any atom is -0.313 e. The predicted molar refractivity (Wildman–Crippen MR) is 148 cm³/mol. The minimum atomic E-state index is -0.834. The van der Waals surface area contributed by atoms with E-state index in [2.05, 4.69) is 22.1 Å². The molecule has 1 aliphatic heterocycles. The summed E-state index contributed by atoms with van der Waals surface area (Å²) in [5.74, 6) is 6.88. The van der Waals surface area contributed by atoms with Gasteiger partial charge in [0, 0.05) is 41.2 Å². The molecule has 9 nitrogen and oxygen atoms in total. The minimum absolute atomic E-state index is 0.0815. The summed E-state index contributed by atoms with van der Waals surface area (Å²) >= 11 is 12.7. The maximum Gasteiger partial charge on any atom is 0.294 e. The number of benzene rings is 2. The van der Waals surface area contributed by atoms with Crippen molar-refractivity contribution < 1.29 is 14.7 Å². The van der Waals surface area contributed by atoms with Crippen LogP contribution in [-0.4, -0.2) is 45.5 Å². The highest BCUT2D eigenvalue weighted by Crippen LogP contribution is 2.37. The van der Waals surface area contributed by atoms with Crippen molar-refractivity contribution in [3.63, 3.8) is 0 Å². The van der Waals surface area contributed by atoms with Crippen molar-refractivity contribution in [3.05, 3.63) is 79.4 Å². The Morgan fingerprint density at radius 1 is 1.18 bits per heavy atom. The van der Waals surface area contributed by atoms with Crippen molar-refractivity contribution in [1.29, 1.82) is 0 Å². The van der Waals surface area contributed by atoms with Gasteiger partial charge in [-0.05, 0) is 61.9 Å². The molecule has 202 valence electrons. The van der Waals surface area contributed by atoms with Gasteiger partial charge in [-0.1, -0.05) is 53.6 Å². The van der Waals surface area contributed by atoms with E-state index in [0.29, 0.717) is 38.8 Å². The van der Waals surface area contributed by atoms with Gasteiger partial charge in [-0.3, -0.25) is 10.2 Å². The van der Waals surface area contributed by atoms with Gasteiger partial charge in [0.1, 0.15) is 6.61 Å². The molecular formula is C28H27Cl2N5O4. The van der Waals surface area contributed by atoms with Gasteiger partial charge in [0.25, 0.3) is 11.0 Å². The van der Waals surface area contributed by atoms with E-state index in [4.69, 9.17) is 28.3 Å². The summed E-state index contributed by atoms with van der Waals surface area (Å²) in [7, 11) is 0. The molecule has 39 heavy (non-hydrogen) atoms. The van der Waals surface area contributed by atoms with E-state index in [1.54, 1.807) is 22.9 Å². The van der Waals surface area contributed by atoms with Crippen LogP contribution >= 0.6 is 23.2 Å². The third-order valence-electron chi connectivity index (χ3n) is 7.28. The average molecular weight is 568 g/mol. The molecule has 2 fully saturated rings. The topological polar surface area (TPSA) is 103 Å². The van der Waals surface area contributed by atoms with Crippen molar-refractivity contribution in [2.75, 3.05) is 19.7 Å². The lowest BCUT2D eigenvalue weighted by molar-refractivity contribution is -0.757. The molecule has 0 bridgehead atoms. The summed E-state index contributed by atoms with van der Waals surface area (Å²) in [6, 6.07) is 12.6. The molecule has 2 aliphatic rings. The summed E-state index contributed by atoms with van der Waals surface area (Å²) < 4.78 is 1.68. The fourth-order valence-corrected chi connectivity index (χ4v) is 5.94. The average Bonchev–Trinajstić information content (AvgIpc) is 3.58. The molecule has 3 aromatic rings. The normalized spacial score (nSPS) is 18.3. The number of carbonyl (C=O) groups excluding carboxylic acids is 1. The standard InChI is InChI=1S/C28H27Cl2N5O4/c1-18-26(28(36)32-33-16-21-6-4-7-22(21)17-33)31-34(25-13-12-23(29)15-24(25)30)27(18)20-10-8-19(9-11-20)5-2-3-14-39-35(37)38/h8-13,15,21-22H,3-4,6-7,14,16-17H2,1H3,(H,32,36). The van der Waals surface area contributed by atoms with Gasteiger partial charge in [-0.25, -0.2) is 9.69 Å². The van der Waals surface area contributed by atoms with Crippen LogP contribution in [0.5, 0.6) is 0 Å². The van der Waals surface area contributed by atoms with Gasteiger partial charge in [0.15, 0.2) is 5.69 Å². The van der Waals surface area contributed by atoms with Gasteiger partial charge in [-0.15, -0.1) is 10.1 Å². The first-order valence-corrected chi connectivity index (χ1v) is 13.5. The summed E-state index contributed by atoms with van der Waals surface area (Å²) in [5.41, 5.74) is 7.00. The predicted octanol–water partition coefficient (Wildman–Crippen LogP) is 5.48. The lowest BCUT2D eigenvalue weighted by Gasteiger charge is -2.17. The number of fused-ring (bicyclic) bond motifs is 1. The summed E-state index contributed by atoms with van der Waals surface area (Å²) in [6.07, 6.45) is 3.95.